The molecule has 336 valence electrons. The molecular weight excluding hydrogens is 798 g/mol. The Hall–Kier alpha value is -6.21. The topological polar surface area (TPSA) is 417 Å². The molecule has 0 radical (unpaired) electrons. The van der Waals surface area contributed by atoms with Crippen LogP contribution in [0.5, 0.6) is 0 Å². The fourth-order valence-electron chi connectivity index (χ4n) is 5.25. The fourth-order valence-corrected chi connectivity index (χ4v) is 5.25. The van der Waals surface area contributed by atoms with Gasteiger partial charge in [-0.2, -0.15) is 0 Å². The van der Waals surface area contributed by atoms with E-state index < -0.39 is 139 Å². The number of nitrogens with two attached hydrogens (primary N) is 2. The molecule has 0 saturated carbocycles. The number of nitrogens with one attached hydrogen (secondary N) is 8. The van der Waals surface area contributed by atoms with E-state index in [1.54, 1.807) is 0 Å². The number of aliphatic carboxylic acids is 3. The molecule has 8 atom stereocenters. The molecule has 0 spiro atoms. The van der Waals surface area contributed by atoms with Crippen LogP contribution in [-0.2, 0) is 54.4 Å². The summed E-state index contributed by atoms with van der Waals surface area (Å²) >= 11 is 0. The van der Waals surface area contributed by atoms with Gasteiger partial charge in [0.05, 0.1) is 25.4 Å². The predicted octanol–water partition coefficient (Wildman–Crippen LogP) is -5.09. The van der Waals surface area contributed by atoms with Gasteiger partial charge in [-0.25, -0.2) is 4.98 Å². The Bertz CT molecular complexity index is 1660. The Morgan fingerprint density at radius 2 is 1.18 bits per heavy atom. The molecule has 25 heteroatoms. The average Bonchev–Trinajstić information content (AvgIpc) is 3.69. The van der Waals surface area contributed by atoms with Crippen molar-refractivity contribution in [1.29, 1.82) is 0 Å². The summed E-state index contributed by atoms with van der Waals surface area (Å²) in [5, 5.41) is 53.9. The first-order valence-corrected chi connectivity index (χ1v) is 18.9. The Morgan fingerprint density at radius 1 is 0.650 bits per heavy atom. The van der Waals surface area contributed by atoms with Crippen LogP contribution < -0.4 is 48.7 Å². The molecule has 0 aliphatic carbocycles. The maximum atomic E-state index is 13.7. The Morgan fingerprint density at radius 3 is 1.70 bits per heavy atom. The maximum absolute atomic E-state index is 13.7. The average molecular weight is 856 g/mol. The molecule has 1 heterocycles. The number of carbonyl (C=O) groups excluding carboxylic acids is 7. The van der Waals surface area contributed by atoms with E-state index in [0.717, 1.165) is 0 Å². The molecule has 0 fully saturated rings. The Balaban J connectivity index is 3.27. The highest BCUT2D eigenvalue weighted by Crippen LogP contribution is 2.08. The summed E-state index contributed by atoms with van der Waals surface area (Å²) in [4.78, 5) is 133. The van der Waals surface area contributed by atoms with Crippen LogP contribution in [-0.4, -0.2) is 151 Å². The lowest BCUT2D eigenvalue weighted by atomic mass is 10.0. The van der Waals surface area contributed by atoms with Gasteiger partial charge in [0.1, 0.15) is 42.3 Å². The second-order valence-corrected chi connectivity index (χ2v) is 14.2. The van der Waals surface area contributed by atoms with E-state index >= 15 is 0 Å². The van der Waals surface area contributed by atoms with Gasteiger partial charge in [0.25, 0.3) is 0 Å². The third kappa shape index (κ3) is 18.6. The zero-order valence-corrected chi connectivity index (χ0v) is 33.7. The number of aliphatic hydroxyl groups is 1. The van der Waals surface area contributed by atoms with Crippen molar-refractivity contribution in [1.82, 2.24) is 47.2 Å². The molecule has 1 aromatic rings. The monoisotopic (exact) mass is 855 g/mol. The number of aliphatic hydroxyl groups excluding tert-OH is 1. The molecule has 0 aromatic carbocycles. The second kappa shape index (κ2) is 26.0. The lowest BCUT2D eigenvalue weighted by Gasteiger charge is -2.27. The van der Waals surface area contributed by atoms with Gasteiger partial charge in [0, 0.05) is 24.7 Å². The Kier molecular flexibility index (Phi) is 22.5. The quantitative estimate of drug-likeness (QED) is 0.0351. The first kappa shape index (κ1) is 51.8. The lowest BCUT2D eigenvalue weighted by molar-refractivity contribution is -0.142. The van der Waals surface area contributed by atoms with Gasteiger partial charge in [-0.1, -0.05) is 13.8 Å². The van der Waals surface area contributed by atoms with Crippen LogP contribution in [0.4, 0.5) is 0 Å². The van der Waals surface area contributed by atoms with Crippen LogP contribution in [0.3, 0.4) is 0 Å². The first-order chi connectivity index (χ1) is 28.1. The highest BCUT2D eigenvalue weighted by atomic mass is 16.4. The van der Waals surface area contributed by atoms with Gasteiger partial charge in [0.15, 0.2) is 0 Å². The number of hydrogen-bond acceptors (Lipinski definition) is 14. The third-order valence-corrected chi connectivity index (χ3v) is 8.75. The van der Waals surface area contributed by atoms with Crippen molar-refractivity contribution < 1.29 is 68.4 Å². The van der Waals surface area contributed by atoms with Crippen molar-refractivity contribution in [2.24, 2.45) is 17.4 Å². The molecular formula is C35H57N11O14. The minimum atomic E-state index is -1.77. The summed E-state index contributed by atoms with van der Waals surface area (Å²) < 4.78 is 0. The number of nitrogens with zero attached hydrogens (tertiary/aromatic N) is 1. The van der Waals surface area contributed by atoms with E-state index in [4.69, 9.17) is 21.7 Å². The maximum Gasteiger partial charge on any atom is 0.325 e. The molecule has 0 aliphatic rings. The predicted molar refractivity (Wildman–Crippen MR) is 207 cm³/mol. The number of aromatic amines is 1. The molecule has 7 amide bonds. The van der Waals surface area contributed by atoms with Crippen LogP contribution in [0.15, 0.2) is 12.5 Å². The standard InChI is InChI=1S/C35H57N11O14/c1-16(2)27(34(58)41-18(4)35(59)60)46-31(55)22(8-9-25(48)49)43-33(57)24(14-47)45-30(54)21(7-5-6-10-36)42-32(56)23(11-19-13-38-15-39-19)44-28(52)17(3)40-29(53)20(37)12-26(50)51/h13,15-18,20-24,27,47H,5-12,14,36-37H2,1-4H3,(H,38,39)(H,40,53)(H,41,58)(H,42,56)(H,43,57)(H,44,52)(H,45,54)(H,46,55)(H,48,49)(H,50,51)(H,59,60)/t17-,18-,20-,21-,22-,23-,24-,27-/m0/s1. The number of unbranched alkanes of at least 4 members (excludes halogenated alkanes) is 1. The molecule has 1 rings (SSSR count). The summed E-state index contributed by atoms with van der Waals surface area (Å²) in [6, 6.07) is -11.6. The summed E-state index contributed by atoms with van der Waals surface area (Å²) in [7, 11) is 0. The van der Waals surface area contributed by atoms with E-state index in [1.165, 1.54) is 40.2 Å². The van der Waals surface area contributed by atoms with Crippen LogP contribution in [0.2, 0.25) is 0 Å². The third-order valence-electron chi connectivity index (χ3n) is 8.75. The number of carbonyl (C=O) groups is 10. The molecule has 60 heavy (non-hydrogen) atoms. The summed E-state index contributed by atoms with van der Waals surface area (Å²) in [6.45, 7) is 4.69. The second-order valence-electron chi connectivity index (χ2n) is 14.2. The van der Waals surface area contributed by atoms with Crippen LogP contribution >= 0.6 is 0 Å². The van der Waals surface area contributed by atoms with Crippen molar-refractivity contribution >= 4 is 59.3 Å². The number of aromatic nitrogens is 2. The zero-order chi connectivity index (χ0) is 45.7. The van der Waals surface area contributed by atoms with E-state index in [1.807, 2.05) is 0 Å². The number of H-pyrrole nitrogens is 1. The number of amides is 7. The van der Waals surface area contributed by atoms with E-state index in [-0.39, 0.29) is 25.8 Å². The van der Waals surface area contributed by atoms with E-state index in [9.17, 15) is 58.2 Å². The van der Waals surface area contributed by atoms with Gasteiger partial charge in [-0.15, -0.1) is 0 Å². The minimum absolute atomic E-state index is 0.0595. The van der Waals surface area contributed by atoms with Gasteiger partial charge in [0.2, 0.25) is 41.4 Å². The summed E-state index contributed by atoms with van der Waals surface area (Å²) in [6.07, 6.45) is 1.21. The summed E-state index contributed by atoms with van der Waals surface area (Å²) in [5.74, 6) is -11.4. The lowest BCUT2D eigenvalue weighted by Crippen LogP contribution is -2.61. The molecule has 0 bridgehead atoms. The molecule has 0 saturated heterocycles. The normalized spacial score (nSPS) is 15.0. The molecule has 16 N–H and O–H groups in total. The van der Waals surface area contributed by atoms with Crippen molar-refractivity contribution in [2.45, 2.75) is 121 Å². The van der Waals surface area contributed by atoms with Gasteiger partial charge in [-0.3, -0.25) is 47.9 Å². The number of imidazole rings is 1. The first-order valence-electron chi connectivity index (χ1n) is 18.9. The number of hydrogen-bond donors (Lipinski definition) is 14. The molecule has 1 aromatic heterocycles. The SMILES string of the molecule is CC(C)[C@H](NC(=O)[C@H](CCC(=O)O)NC(=O)[C@H](CO)NC(=O)[C@H](CCCCN)NC(=O)[C@H](Cc1cnc[nH]1)NC(=O)[C@H](C)NC(=O)[C@@H](N)CC(=O)O)C(=O)N[C@@H](C)C(=O)O. The van der Waals surface area contributed by atoms with Crippen molar-refractivity contribution in [3.05, 3.63) is 18.2 Å². The smallest absolute Gasteiger partial charge is 0.325 e. The Labute approximate surface area is 344 Å². The molecule has 0 unspecified atom stereocenters. The van der Waals surface area contributed by atoms with E-state index in [0.29, 0.717) is 12.1 Å². The van der Waals surface area contributed by atoms with Crippen LogP contribution in [0, 0.1) is 5.92 Å². The largest absolute Gasteiger partial charge is 0.481 e. The van der Waals surface area contributed by atoms with Crippen molar-refractivity contribution in [2.75, 3.05) is 13.2 Å². The van der Waals surface area contributed by atoms with Gasteiger partial charge < -0.3 is 74.1 Å². The van der Waals surface area contributed by atoms with Crippen LogP contribution in [0.1, 0.15) is 71.9 Å². The van der Waals surface area contributed by atoms with Crippen molar-refractivity contribution in [3.8, 4) is 0 Å². The fraction of sp³-hybridized carbons (Fsp3) is 0.629. The van der Waals surface area contributed by atoms with E-state index in [2.05, 4.69) is 47.2 Å². The van der Waals surface area contributed by atoms with Crippen LogP contribution in [0.25, 0.3) is 0 Å². The number of rotatable bonds is 28. The highest BCUT2D eigenvalue weighted by Gasteiger charge is 2.34. The number of carboxylic acid groups (broad SMARTS) is 3. The zero-order valence-electron chi connectivity index (χ0n) is 33.7. The molecule has 0 aliphatic heterocycles. The van der Waals surface area contributed by atoms with Gasteiger partial charge in [-0.05, 0) is 52.0 Å². The molecule has 25 nitrogen and oxygen atoms in total. The van der Waals surface area contributed by atoms with Gasteiger partial charge >= 0.3 is 17.9 Å². The highest BCUT2D eigenvalue weighted by molar-refractivity contribution is 5.98. The summed E-state index contributed by atoms with van der Waals surface area (Å²) in [5.41, 5.74) is 11.6. The number of carboxylic acids is 3. The van der Waals surface area contributed by atoms with Crippen molar-refractivity contribution in [3.63, 3.8) is 0 Å². The minimum Gasteiger partial charge on any atom is -0.481 e.